The van der Waals surface area contributed by atoms with Crippen LogP contribution < -0.4 is 5.32 Å². The molecule has 1 aliphatic heterocycles. The predicted molar refractivity (Wildman–Crippen MR) is 72.0 cm³/mol. The number of nitrogens with zero attached hydrogens (tertiary/aromatic N) is 1. The molecule has 0 saturated carbocycles. The van der Waals surface area contributed by atoms with E-state index in [4.69, 9.17) is 14.6 Å². The minimum Gasteiger partial charge on any atom is -0.394 e. The Bertz CT molecular complexity index is 255. The molecule has 0 bridgehead atoms. The molecular formula is C13H26N2O4. The van der Waals surface area contributed by atoms with Gasteiger partial charge >= 0.3 is 0 Å². The fraction of sp³-hybridized carbons (Fsp3) is 0.923. The summed E-state index contributed by atoms with van der Waals surface area (Å²) in [4.78, 5) is 13.9. The van der Waals surface area contributed by atoms with Crippen molar-refractivity contribution < 1.29 is 19.4 Å². The van der Waals surface area contributed by atoms with Crippen LogP contribution in [0.25, 0.3) is 0 Å². The number of carbonyl (C=O) groups excluding carboxylic acids is 1. The molecule has 0 aromatic heterocycles. The van der Waals surface area contributed by atoms with E-state index in [0.29, 0.717) is 19.8 Å². The van der Waals surface area contributed by atoms with E-state index in [0.717, 1.165) is 25.9 Å². The maximum Gasteiger partial charge on any atom is 0.234 e. The van der Waals surface area contributed by atoms with Crippen LogP contribution in [-0.4, -0.2) is 74.6 Å². The number of ether oxygens (including phenoxy) is 2. The Morgan fingerprint density at radius 3 is 2.74 bits per heavy atom. The summed E-state index contributed by atoms with van der Waals surface area (Å²) in [5, 5.41) is 11.6. The first kappa shape index (κ1) is 16.4. The number of aliphatic hydroxyl groups is 1. The van der Waals surface area contributed by atoms with Crippen LogP contribution in [0.5, 0.6) is 0 Å². The summed E-state index contributed by atoms with van der Waals surface area (Å²) in [6.45, 7) is 5.09. The van der Waals surface area contributed by atoms with Crippen molar-refractivity contribution in [3.05, 3.63) is 0 Å². The van der Waals surface area contributed by atoms with Crippen molar-refractivity contribution in [2.45, 2.75) is 31.9 Å². The number of nitrogens with one attached hydrogen (secondary N) is 1. The lowest BCUT2D eigenvalue weighted by Crippen LogP contribution is -2.46. The summed E-state index contributed by atoms with van der Waals surface area (Å²) >= 11 is 0. The molecule has 1 saturated heterocycles. The molecule has 19 heavy (non-hydrogen) atoms. The van der Waals surface area contributed by atoms with Gasteiger partial charge in [-0.2, -0.15) is 0 Å². The minimum atomic E-state index is 0.0410. The van der Waals surface area contributed by atoms with Crippen LogP contribution in [0, 0.1) is 0 Å². The number of rotatable bonds is 8. The van der Waals surface area contributed by atoms with E-state index in [-0.39, 0.29) is 24.7 Å². The van der Waals surface area contributed by atoms with Gasteiger partial charge in [-0.3, -0.25) is 9.69 Å². The Labute approximate surface area is 115 Å². The maximum atomic E-state index is 11.8. The fourth-order valence-electron chi connectivity index (χ4n) is 2.27. The zero-order valence-corrected chi connectivity index (χ0v) is 11.9. The third-order valence-electron chi connectivity index (χ3n) is 3.17. The van der Waals surface area contributed by atoms with Gasteiger partial charge in [0, 0.05) is 26.2 Å². The van der Waals surface area contributed by atoms with Gasteiger partial charge in [-0.1, -0.05) is 0 Å². The first-order chi connectivity index (χ1) is 9.15. The molecule has 0 aliphatic carbocycles. The van der Waals surface area contributed by atoms with E-state index in [9.17, 15) is 4.79 Å². The van der Waals surface area contributed by atoms with E-state index >= 15 is 0 Å². The molecule has 1 unspecified atom stereocenters. The number of methoxy groups -OCH3 is 1. The molecule has 2 N–H and O–H groups in total. The SMILES string of the molecule is COCC(C)NC(=O)CN1CCC(OCCO)CC1. The maximum absolute atomic E-state index is 11.8. The van der Waals surface area contributed by atoms with Crippen molar-refractivity contribution in [1.82, 2.24) is 10.2 Å². The van der Waals surface area contributed by atoms with Gasteiger partial charge in [0.05, 0.1) is 32.5 Å². The van der Waals surface area contributed by atoms with Gasteiger partial charge in [-0.15, -0.1) is 0 Å². The topological polar surface area (TPSA) is 71.0 Å². The summed E-state index contributed by atoms with van der Waals surface area (Å²) in [5.74, 6) is 0.0410. The molecule has 6 nitrogen and oxygen atoms in total. The van der Waals surface area contributed by atoms with Crippen molar-refractivity contribution >= 4 is 5.91 Å². The van der Waals surface area contributed by atoms with Crippen molar-refractivity contribution in [2.75, 3.05) is 46.6 Å². The van der Waals surface area contributed by atoms with Gasteiger partial charge in [0.15, 0.2) is 0 Å². The molecule has 0 spiro atoms. The molecular weight excluding hydrogens is 248 g/mol. The molecule has 1 heterocycles. The largest absolute Gasteiger partial charge is 0.394 e. The van der Waals surface area contributed by atoms with Crippen LogP contribution in [-0.2, 0) is 14.3 Å². The molecule has 0 aromatic carbocycles. The summed E-state index contributed by atoms with van der Waals surface area (Å²) < 4.78 is 10.5. The molecule has 6 heteroatoms. The second-order valence-corrected chi connectivity index (χ2v) is 4.99. The summed E-state index contributed by atoms with van der Waals surface area (Å²) in [7, 11) is 1.62. The highest BCUT2D eigenvalue weighted by molar-refractivity contribution is 5.78. The zero-order valence-electron chi connectivity index (χ0n) is 11.9. The van der Waals surface area contributed by atoms with E-state index in [1.54, 1.807) is 7.11 Å². The van der Waals surface area contributed by atoms with Crippen molar-refractivity contribution in [2.24, 2.45) is 0 Å². The van der Waals surface area contributed by atoms with Gasteiger partial charge in [0.1, 0.15) is 0 Å². The summed E-state index contributed by atoms with van der Waals surface area (Å²) in [5.41, 5.74) is 0. The highest BCUT2D eigenvalue weighted by atomic mass is 16.5. The molecule has 1 amide bonds. The number of aliphatic hydroxyl groups excluding tert-OH is 1. The van der Waals surface area contributed by atoms with Crippen LogP contribution >= 0.6 is 0 Å². The van der Waals surface area contributed by atoms with Gasteiger partial charge in [0.25, 0.3) is 0 Å². The lowest BCUT2D eigenvalue weighted by molar-refractivity contribution is -0.124. The number of carbonyl (C=O) groups is 1. The minimum absolute atomic E-state index is 0.0410. The van der Waals surface area contributed by atoms with Crippen molar-refractivity contribution in [3.8, 4) is 0 Å². The standard InChI is InChI=1S/C13H26N2O4/c1-11(10-18-2)14-13(17)9-15-5-3-12(4-6-15)19-8-7-16/h11-12,16H,3-10H2,1-2H3,(H,14,17). The number of likely N-dealkylation sites (tertiary alicyclic amines) is 1. The van der Waals surface area contributed by atoms with Gasteiger partial charge in [-0.25, -0.2) is 0 Å². The van der Waals surface area contributed by atoms with E-state index in [2.05, 4.69) is 10.2 Å². The number of amides is 1. The lowest BCUT2D eigenvalue weighted by Gasteiger charge is -2.31. The highest BCUT2D eigenvalue weighted by Crippen LogP contribution is 2.13. The van der Waals surface area contributed by atoms with Crippen LogP contribution in [0.2, 0.25) is 0 Å². The number of piperidine rings is 1. The van der Waals surface area contributed by atoms with Crippen LogP contribution in [0.4, 0.5) is 0 Å². The number of hydrogen-bond donors (Lipinski definition) is 2. The first-order valence-corrected chi connectivity index (χ1v) is 6.88. The monoisotopic (exact) mass is 274 g/mol. The Hall–Kier alpha value is -0.690. The molecule has 0 aromatic rings. The molecule has 1 atom stereocenters. The van der Waals surface area contributed by atoms with Crippen LogP contribution in [0.1, 0.15) is 19.8 Å². The molecule has 1 aliphatic rings. The second kappa shape index (κ2) is 9.25. The van der Waals surface area contributed by atoms with Crippen molar-refractivity contribution in [3.63, 3.8) is 0 Å². The average molecular weight is 274 g/mol. The normalized spacial score (nSPS) is 19.3. The molecule has 1 rings (SSSR count). The lowest BCUT2D eigenvalue weighted by atomic mass is 10.1. The highest BCUT2D eigenvalue weighted by Gasteiger charge is 2.21. The van der Waals surface area contributed by atoms with E-state index < -0.39 is 0 Å². The Morgan fingerprint density at radius 2 is 2.16 bits per heavy atom. The van der Waals surface area contributed by atoms with Crippen molar-refractivity contribution in [1.29, 1.82) is 0 Å². The summed E-state index contributed by atoms with van der Waals surface area (Å²) in [6.07, 6.45) is 2.06. The first-order valence-electron chi connectivity index (χ1n) is 6.88. The Kier molecular flexibility index (Phi) is 7.97. The average Bonchev–Trinajstić information content (AvgIpc) is 2.38. The molecule has 112 valence electrons. The third kappa shape index (κ3) is 6.87. The van der Waals surface area contributed by atoms with Crippen LogP contribution in [0.3, 0.4) is 0 Å². The zero-order chi connectivity index (χ0) is 14.1. The predicted octanol–water partition coefficient (Wildman–Crippen LogP) is -0.389. The van der Waals surface area contributed by atoms with Gasteiger partial charge < -0.3 is 19.9 Å². The molecule has 1 fully saturated rings. The fourth-order valence-corrected chi connectivity index (χ4v) is 2.27. The van der Waals surface area contributed by atoms with E-state index in [1.807, 2.05) is 6.92 Å². The van der Waals surface area contributed by atoms with E-state index in [1.165, 1.54) is 0 Å². The Balaban J connectivity index is 2.16. The van der Waals surface area contributed by atoms with Gasteiger partial charge in [-0.05, 0) is 19.8 Å². The van der Waals surface area contributed by atoms with Gasteiger partial charge in [0.2, 0.25) is 5.91 Å². The third-order valence-corrected chi connectivity index (χ3v) is 3.17. The summed E-state index contributed by atoms with van der Waals surface area (Å²) in [6, 6.07) is 0.0444. The quantitative estimate of drug-likeness (QED) is 0.631. The van der Waals surface area contributed by atoms with Crippen LogP contribution in [0.15, 0.2) is 0 Å². The smallest absolute Gasteiger partial charge is 0.234 e. The molecule has 0 radical (unpaired) electrons. The Morgan fingerprint density at radius 1 is 1.47 bits per heavy atom. The second-order valence-electron chi connectivity index (χ2n) is 4.99. The number of hydrogen-bond acceptors (Lipinski definition) is 5.